The molecule has 0 bridgehead atoms. The highest BCUT2D eigenvalue weighted by molar-refractivity contribution is 9.11. The molecule has 3 aromatic rings. The third kappa shape index (κ3) is 5.37. The van der Waals surface area contributed by atoms with Gasteiger partial charge in [0.05, 0.1) is 20.2 Å². The summed E-state index contributed by atoms with van der Waals surface area (Å²) in [4.78, 5) is 49.4. The van der Waals surface area contributed by atoms with E-state index in [2.05, 4.69) is 37.2 Å². The Bertz CT molecular complexity index is 1400. The van der Waals surface area contributed by atoms with Crippen LogP contribution in [0.4, 0.5) is 14.9 Å². The number of nitrogens with zero attached hydrogens (tertiary/aromatic N) is 1. The zero-order valence-corrected chi connectivity index (χ0v) is 21.3. The van der Waals surface area contributed by atoms with Gasteiger partial charge in [-0.3, -0.25) is 14.9 Å². The largest absolute Gasteiger partial charge is 0.487 e. The van der Waals surface area contributed by atoms with Crippen molar-refractivity contribution >= 4 is 67.4 Å². The second-order valence-corrected chi connectivity index (χ2v) is 9.25. The van der Waals surface area contributed by atoms with Crippen LogP contribution in [0.15, 0.2) is 75.2 Å². The minimum Gasteiger partial charge on any atom is -0.487 e. The van der Waals surface area contributed by atoms with Crippen molar-refractivity contribution in [2.75, 3.05) is 4.90 Å². The molecule has 1 aliphatic heterocycles. The molecule has 8 nitrogen and oxygen atoms in total. The van der Waals surface area contributed by atoms with Gasteiger partial charge in [-0.05, 0) is 97.6 Å². The Morgan fingerprint density at radius 3 is 2.19 bits per heavy atom. The zero-order chi connectivity index (χ0) is 26.0. The molecule has 0 unspecified atom stereocenters. The smallest absolute Gasteiger partial charge is 0.335 e. The maximum absolute atomic E-state index is 13.3. The van der Waals surface area contributed by atoms with E-state index in [1.54, 1.807) is 24.3 Å². The van der Waals surface area contributed by atoms with E-state index in [0.29, 0.717) is 20.3 Å². The molecule has 11 heteroatoms. The lowest BCUT2D eigenvalue weighted by molar-refractivity contribution is -0.122. The van der Waals surface area contributed by atoms with Crippen molar-refractivity contribution in [1.29, 1.82) is 0 Å². The molecule has 0 saturated carbocycles. The number of hydrogen-bond donors (Lipinski definition) is 2. The number of amides is 4. The van der Waals surface area contributed by atoms with Crippen molar-refractivity contribution in [1.82, 2.24) is 5.32 Å². The fourth-order valence-corrected chi connectivity index (χ4v) is 4.80. The third-order valence-electron chi connectivity index (χ3n) is 5.10. The number of rotatable bonds is 6. The van der Waals surface area contributed by atoms with E-state index in [1.807, 2.05) is 0 Å². The standard InChI is InChI=1S/C25H15Br2FN2O6/c26-19-10-14(11-20(27)21(19)36-12-13-1-3-15(4-2-13)24(33)34)9-18-22(31)29-25(35)30(23(18)32)17-7-5-16(28)6-8-17/h1-11H,12H2,(H,33,34)(H,29,31,35). The molecule has 182 valence electrons. The van der Waals surface area contributed by atoms with Crippen LogP contribution in [0.1, 0.15) is 21.5 Å². The average molecular weight is 618 g/mol. The quantitative estimate of drug-likeness (QED) is 0.287. The average Bonchev–Trinajstić information content (AvgIpc) is 2.82. The highest BCUT2D eigenvalue weighted by Gasteiger charge is 2.36. The summed E-state index contributed by atoms with van der Waals surface area (Å²) in [6, 6.07) is 13.3. The fraction of sp³-hybridized carbons (Fsp3) is 0.0400. The molecule has 3 aromatic carbocycles. The molecule has 4 rings (SSSR count). The highest BCUT2D eigenvalue weighted by atomic mass is 79.9. The van der Waals surface area contributed by atoms with E-state index in [4.69, 9.17) is 9.84 Å². The number of nitrogens with one attached hydrogen (secondary N) is 1. The number of aromatic carboxylic acids is 1. The predicted octanol–water partition coefficient (Wildman–Crippen LogP) is 5.29. The first-order valence-electron chi connectivity index (χ1n) is 10.2. The Morgan fingerprint density at radius 2 is 1.61 bits per heavy atom. The van der Waals surface area contributed by atoms with Crippen molar-refractivity contribution < 1.29 is 33.4 Å². The van der Waals surface area contributed by atoms with E-state index in [-0.39, 0.29) is 23.4 Å². The number of ether oxygens (including phenoxy) is 1. The molecule has 36 heavy (non-hydrogen) atoms. The van der Waals surface area contributed by atoms with E-state index in [9.17, 15) is 23.6 Å². The van der Waals surface area contributed by atoms with Gasteiger partial charge in [0, 0.05) is 0 Å². The summed E-state index contributed by atoms with van der Waals surface area (Å²) in [6.07, 6.45) is 1.32. The van der Waals surface area contributed by atoms with Gasteiger partial charge in [-0.1, -0.05) is 12.1 Å². The zero-order valence-electron chi connectivity index (χ0n) is 18.1. The minimum atomic E-state index is -1.02. The van der Waals surface area contributed by atoms with Gasteiger partial charge in [-0.2, -0.15) is 0 Å². The second kappa shape index (κ2) is 10.4. The number of urea groups is 1. The van der Waals surface area contributed by atoms with Crippen LogP contribution in [-0.4, -0.2) is 28.9 Å². The summed E-state index contributed by atoms with van der Waals surface area (Å²) >= 11 is 6.83. The van der Waals surface area contributed by atoms with Gasteiger partial charge in [-0.15, -0.1) is 0 Å². The number of benzene rings is 3. The van der Waals surface area contributed by atoms with Gasteiger partial charge in [-0.25, -0.2) is 18.9 Å². The maximum Gasteiger partial charge on any atom is 0.335 e. The number of imide groups is 2. The summed E-state index contributed by atoms with van der Waals surface area (Å²) in [5, 5.41) is 11.1. The molecule has 0 spiro atoms. The van der Waals surface area contributed by atoms with Crippen LogP contribution in [0, 0.1) is 5.82 Å². The third-order valence-corrected chi connectivity index (χ3v) is 6.28. The van der Waals surface area contributed by atoms with Crippen LogP contribution in [-0.2, 0) is 16.2 Å². The van der Waals surface area contributed by atoms with Crippen molar-refractivity contribution in [2.45, 2.75) is 6.61 Å². The molecular weight excluding hydrogens is 603 g/mol. The molecule has 1 saturated heterocycles. The Balaban J connectivity index is 1.57. The molecule has 2 N–H and O–H groups in total. The van der Waals surface area contributed by atoms with Crippen LogP contribution < -0.4 is 15.0 Å². The minimum absolute atomic E-state index is 0.111. The molecule has 1 aliphatic rings. The number of carbonyl (C=O) groups is 4. The first-order chi connectivity index (χ1) is 17.1. The predicted molar refractivity (Wildman–Crippen MR) is 135 cm³/mol. The number of halogens is 3. The van der Waals surface area contributed by atoms with Gasteiger partial charge in [0.25, 0.3) is 11.8 Å². The molecule has 1 fully saturated rings. The van der Waals surface area contributed by atoms with E-state index in [0.717, 1.165) is 22.6 Å². The number of barbiturate groups is 1. The van der Waals surface area contributed by atoms with E-state index < -0.39 is 29.6 Å². The number of carbonyl (C=O) groups excluding carboxylic acids is 3. The lowest BCUT2D eigenvalue weighted by atomic mass is 10.1. The lowest BCUT2D eigenvalue weighted by Crippen LogP contribution is -2.54. The highest BCUT2D eigenvalue weighted by Crippen LogP contribution is 2.36. The summed E-state index contributed by atoms with van der Waals surface area (Å²) in [5.74, 6) is -2.83. The van der Waals surface area contributed by atoms with Gasteiger partial charge < -0.3 is 9.84 Å². The first-order valence-corrected chi connectivity index (χ1v) is 11.8. The second-order valence-electron chi connectivity index (χ2n) is 7.54. The topological polar surface area (TPSA) is 113 Å². The Kier molecular flexibility index (Phi) is 7.32. The summed E-state index contributed by atoms with van der Waals surface area (Å²) in [7, 11) is 0. The Hall–Kier alpha value is -3.83. The maximum atomic E-state index is 13.3. The van der Waals surface area contributed by atoms with E-state index in [1.165, 1.54) is 30.3 Å². The van der Waals surface area contributed by atoms with Gasteiger partial charge in [0.15, 0.2) is 0 Å². The molecule has 0 atom stereocenters. The number of carboxylic acids is 1. The van der Waals surface area contributed by atoms with Crippen molar-refractivity contribution in [2.24, 2.45) is 0 Å². The van der Waals surface area contributed by atoms with Crippen LogP contribution in [0.5, 0.6) is 5.75 Å². The molecule has 4 amide bonds. The lowest BCUT2D eigenvalue weighted by Gasteiger charge is -2.26. The molecule has 1 heterocycles. The van der Waals surface area contributed by atoms with Crippen molar-refractivity contribution in [3.8, 4) is 5.75 Å². The van der Waals surface area contributed by atoms with Gasteiger partial charge >= 0.3 is 12.0 Å². The van der Waals surface area contributed by atoms with Crippen molar-refractivity contribution in [3.63, 3.8) is 0 Å². The monoisotopic (exact) mass is 616 g/mol. The van der Waals surface area contributed by atoms with Crippen molar-refractivity contribution in [3.05, 3.63) is 97.7 Å². The van der Waals surface area contributed by atoms with Gasteiger partial charge in [0.1, 0.15) is 23.7 Å². The van der Waals surface area contributed by atoms with Crippen LogP contribution >= 0.6 is 31.9 Å². The summed E-state index contributed by atoms with van der Waals surface area (Å²) in [6.45, 7) is 0.160. The van der Waals surface area contributed by atoms with E-state index >= 15 is 0 Å². The van der Waals surface area contributed by atoms with Gasteiger partial charge in [0.2, 0.25) is 0 Å². The van der Waals surface area contributed by atoms with Crippen LogP contribution in [0.25, 0.3) is 6.08 Å². The fourth-order valence-electron chi connectivity index (χ4n) is 3.35. The Morgan fingerprint density at radius 1 is 1.00 bits per heavy atom. The van der Waals surface area contributed by atoms with Crippen LogP contribution in [0.3, 0.4) is 0 Å². The molecule has 0 aliphatic carbocycles. The Labute approximate surface area is 220 Å². The van der Waals surface area contributed by atoms with Crippen LogP contribution in [0.2, 0.25) is 0 Å². The summed E-state index contributed by atoms with van der Waals surface area (Å²) in [5.41, 5.74) is 1.20. The normalized spacial score (nSPS) is 14.7. The molecule has 0 aromatic heterocycles. The SMILES string of the molecule is O=C1NC(=O)N(c2ccc(F)cc2)C(=O)C1=Cc1cc(Br)c(OCc2ccc(C(=O)O)cc2)c(Br)c1. The number of anilines is 1. The molecule has 0 radical (unpaired) electrons. The number of hydrogen-bond acceptors (Lipinski definition) is 5. The first kappa shape index (κ1) is 25.3. The summed E-state index contributed by atoms with van der Waals surface area (Å²) < 4.78 is 20.1. The molecular formula is C25H15Br2FN2O6. The number of carboxylic acid groups (broad SMARTS) is 1.